The smallest absolute Gasteiger partial charge is 0.273 e. The Morgan fingerprint density at radius 1 is 0.643 bits per heavy atom. The van der Waals surface area contributed by atoms with E-state index in [1.807, 2.05) is 13.8 Å². The number of para-hydroxylation sites is 1. The van der Waals surface area contributed by atoms with Gasteiger partial charge >= 0.3 is 0 Å². The maximum absolute atomic E-state index is 14.5. The number of aryl methyl sites for hydroxylation is 2. The predicted molar refractivity (Wildman–Crippen MR) is 157 cm³/mol. The van der Waals surface area contributed by atoms with E-state index in [0.29, 0.717) is 11.1 Å². The van der Waals surface area contributed by atoms with E-state index in [-0.39, 0.29) is 21.2 Å². The Balaban J connectivity index is 1.60. The standard InChI is InChI=1S/C31H26N4O5S2/c1-21-12-16-24(17-13-21)41(37,38)34-27-11-7-6-10-26(27)30(29(31(34)36)23-8-4-3-5-9-23)28-20-32-33-35(28)42(39,40)25-18-14-22(2)15-19-25/h3-20,29-30H,1-2H3/t29-,30-/m1/s1. The average Bonchev–Trinajstić information content (AvgIpc) is 3.48. The molecule has 0 saturated heterocycles. The van der Waals surface area contributed by atoms with Gasteiger partial charge in [-0.25, -0.2) is 12.7 Å². The molecule has 1 aliphatic rings. The van der Waals surface area contributed by atoms with Crippen molar-refractivity contribution >= 4 is 31.6 Å². The van der Waals surface area contributed by atoms with Crippen LogP contribution in [0.5, 0.6) is 0 Å². The van der Waals surface area contributed by atoms with Gasteiger partial charge in [0.25, 0.3) is 20.0 Å². The van der Waals surface area contributed by atoms with Crippen molar-refractivity contribution in [3.05, 3.63) is 137 Å². The van der Waals surface area contributed by atoms with Crippen molar-refractivity contribution < 1.29 is 21.6 Å². The molecule has 0 unspecified atom stereocenters. The van der Waals surface area contributed by atoms with Crippen LogP contribution in [0.25, 0.3) is 0 Å². The summed E-state index contributed by atoms with van der Waals surface area (Å²) in [4.78, 5) is 14.5. The number of sulfonamides is 1. The maximum atomic E-state index is 14.5. The Labute approximate surface area is 244 Å². The van der Waals surface area contributed by atoms with Gasteiger partial charge < -0.3 is 0 Å². The van der Waals surface area contributed by atoms with E-state index in [2.05, 4.69) is 10.3 Å². The van der Waals surface area contributed by atoms with Crippen LogP contribution in [0.4, 0.5) is 5.69 Å². The van der Waals surface area contributed by atoms with Crippen molar-refractivity contribution in [2.45, 2.75) is 35.5 Å². The second-order valence-corrected chi connectivity index (χ2v) is 13.7. The van der Waals surface area contributed by atoms with Crippen molar-refractivity contribution in [1.82, 2.24) is 14.4 Å². The zero-order chi connectivity index (χ0) is 29.6. The minimum atomic E-state index is -4.33. The Morgan fingerprint density at radius 3 is 1.81 bits per heavy atom. The number of carbonyl (C=O) groups is 1. The number of hydrogen-bond donors (Lipinski definition) is 0. The normalized spacial score (nSPS) is 17.2. The Morgan fingerprint density at radius 2 is 1.19 bits per heavy atom. The largest absolute Gasteiger partial charge is 0.284 e. The second kappa shape index (κ2) is 10.3. The van der Waals surface area contributed by atoms with Crippen molar-refractivity contribution in [2.24, 2.45) is 0 Å². The van der Waals surface area contributed by atoms with Gasteiger partial charge in [0.15, 0.2) is 0 Å². The molecule has 1 aromatic heterocycles. The third-order valence-corrected chi connectivity index (χ3v) is 10.7. The van der Waals surface area contributed by atoms with Crippen LogP contribution in [0, 0.1) is 13.8 Å². The molecule has 4 aromatic carbocycles. The van der Waals surface area contributed by atoms with E-state index in [1.165, 1.54) is 30.5 Å². The van der Waals surface area contributed by atoms with Gasteiger partial charge in [-0.15, -0.1) is 9.19 Å². The summed E-state index contributed by atoms with van der Waals surface area (Å²) in [5.74, 6) is -2.74. The van der Waals surface area contributed by atoms with E-state index in [9.17, 15) is 21.6 Å². The third-order valence-electron chi connectivity index (χ3n) is 7.42. The first-order chi connectivity index (χ1) is 20.1. The van der Waals surface area contributed by atoms with Gasteiger partial charge in [-0.2, -0.15) is 8.42 Å². The van der Waals surface area contributed by atoms with Crippen LogP contribution in [0.1, 0.15) is 39.8 Å². The molecule has 212 valence electrons. The Bertz CT molecular complexity index is 2010. The highest BCUT2D eigenvalue weighted by molar-refractivity contribution is 7.93. The monoisotopic (exact) mass is 598 g/mol. The van der Waals surface area contributed by atoms with Gasteiger partial charge in [-0.05, 0) is 55.3 Å². The highest BCUT2D eigenvalue weighted by atomic mass is 32.2. The lowest BCUT2D eigenvalue weighted by Crippen LogP contribution is -2.46. The highest BCUT2D eigenvalue weighted by Crippen LogP contribution is 2.49. The first-order valence-corrected chi connectivity index (χ1v) is 16.0. The molecule has 0 radical (unpaired) electrons. The summed E-state index contributed by atoms with van der Waals surface area (Å²) in [5, 5.41) is 7.89. The minimum absolute atomic E-state index is 0.00936. The first-order valence-electron chi connectivity index (χ1n) is 13.1. The molecule has 11 heteroatoms. The van der Waals surface area contributed by atoms with Crippen LogP contribution in [0.3, 0.4) is 0 Å². The third kappa shape index (κ3) is 4.50. The summed E-state index contributed by atoms with van der Waals surface area (Å²) in [5.41, 5.74) is 3.00. The molecule has 1 amide bonds. The summed E-state index contributed by atoms with van der Waals surface area (Å²) in [6, 6.07) is 28.0. The Hall–Kier alpha value is -4.61. The quantitative estimate of drug-likeness (QED) is 0.276. The van der Waals surface area contributed by atoms with E-state index >= 15 is 0 Å². The molecule has 1 aliphatic heterocycles. The molecule has 0 N–H and O–H groups in total. The highest BCUT2D eigenvalue weighted by Gasteiger charge is 2.48. The van der Waals surface area contributed by atoms with Crippen molar-refractivity contribution in [3.8, 4) is 0 Å². The van der Waals surface area contributed by atoms with Crippen molar-refractivity contribution in [2.75, 3.05) is 4.31 Å². The van der Waals surface area contributed by atoms with Gasteiger partial charge in [0, 0.05) is 5.92 Å². The van der Waals surface area contributed by atoms with E-state index < -0.39 is 37.8 Å². The average molecular weight is 599 g/mol. The lowest BCUT2D eigenvalue weighted by molar-refractivity contribution is -0.119. The van der Waals surface area contributed by atoms with Crippen LogP contribution in [0.15, 0.2) is 119 Å². The topological polar surface area (TPSA) is 119 Å². The zero-order valence-electron chi connectivity index (χ0n) is 22.7. The molecule has 0 aliphatic carbocycles. The number of amides is 1. The molecular formula is C31H26N4O5S2. The molecule has 0 fully saturated rings. The number of benzene rings is 4. The molecule has 2 atom stereocenters. The van der Waals surface area contributed by atoms with Gasteiger partial charge in [0.2, 0.25) is 5.91 Å². The molecule has 6 rings (SSSR count). The van der Waals surface area contributed by atoms with Crippen molar-refractivity contribution in [3.63, 3.8) is 0 Å². The fourth-order valence-electron chi connectivity index (χ4n) is 5.32. The summed E-state index contributed by atoms with van der Waals surface area (Å²) in [6.07, 6.45) is 1.32. The molecule has 9 nitrogen and oxygen atoms in total. The van der Waals surface area contributed by atoms with Crippen LogP contribution in [-0.2, 0) is 24.8 Å². The molecule has 0 spiro atoms. The van der Waals surface area contributed by atoms with Gasteiger partial charge in [0.1, 0.15) is 0 Å². The number of hydrogen-bond acceptors (Lipinski definition) is 7. The minimum Gasteiger partial charge on any atom is -0.273 e. The van der Waals surface area contributed by atoms with Crippen LogP contribution in [0.2, 0.25) is 0 Å². The van der Waals surface area contributed by atoms with Crippen LogP contribution >= 0.6 is 0 Å². The van der Waals surface area contributed by atoms with E-state index in [0.717, 1.165) is 19.5 Å². The number of carbonyl (C=O) groups excluding carboxylic acids is 1. The summed E-state index contributed by atoms with van der Waals surface area (Å²) < 4.78 is 57.4. The SMILES string of the molecule is Cc1ccc(S(=O)(=O)N2C(=O)[C@H](c3ccccc3)[C@@H](c3cnnn3S(=O)(=O)c3ccc(C)cc3)c3ccccc32)cc1. The molecular weight excluding hydrogens is 572 g/mol. The summed E-state index contributed by atoms with van der Waals surface area (Å²) in [7, 11) is -8.54. The fraction of sp³-hybridized carbons (Fsp3) is 0.129. The van der Waals surface area contributed by atoms with E-state index in [4.69, 9.17) is 0 Å². The second-order valence-electron chi connectivity index (χ2n) is 10.2. The number of aromatic nitrogens is 3. The molecule has 0 saturated carbocycles. The molecule has 2 heterocycles. The van der Waals surface area contributed by atoms with Gasteiger partial charge in [0.05, 0.1) is 33.3 Å². The van der Waals surface area contributed by atoms with Gasteiger partial charge in [-0.1, -0.05) is 89.1 Å². The molecule has 42 heavy (non-hydrogen) atoms. The van der Waals surface area contributed by atoms with Crippen molar-refractivity contribution in [1.29, 1.82) is 0 Å². The molecule has 0 bridgehead atoms. The number of fused-ring (bicyclic) bond motifs is 1. The van der Waals surface area contributed by atoms with Crippen LogP contribution < -0.4 is 4.31 Å². The summed E-state index contributed by atoms with van der Waals surface area (Å²) >= 11 is 0. The number of anilines is 1. The predicted octanol–water partition coefficient (Wildman–Crippen LogP) is 4.78. The maximum Gasteiger partial charge on any atom is 0.284 e. The molecule has 5 aromatic rings. The zero-order valence-corrected chi connectivity index (χ0v) is 24.3. The lowest BCUT2D eigenvalue weighted by atomic mass is 9.76. The number of nitrogens with zero attached hydrogens (tertiary/aromatic N) is 4. The number of rotatable bonds is 6. The first kappa shape index (κ1) is 27.6. The fourth-order valence-corrected chi connectivity index (χ4v) is 8.04. The lowest BCUT2D eigenvalue weighted by Gasteiger charge is -2.38. The van der Waals surface area contributed by atoms with Gasteiger partial charge in [-0.3, -0.25) is 4.79 Å². The van der Waals surface area contributed by atoms with Crippen LogP contribution in [-0.4, -0.2) is 37.1 Å². The van der Waals surface area contributed by atoms with E-state index in [1.54, 1.807) is 78.9 Å². The summed E-state index contributed by atoms with van der Waals surface area (Å²) in [6.45, 7) is 3.69. The Kier molecular flexibility index (Phi) is 6.78.